The molecule has 4 aliphatic rings. The Labute approximate surface area is 154 Å². The number of anilines is 1. The number of likely N-dealkylation sites (tertiary alicyclic amines) is 1. The van der Waals surface area contributed by atoms with E-state index in [1.807, 2.05) is 6.20 Å². The summed E-state index contributed by atoms with van der Waals surface area (Å²) < 4.78 is 0. The Morgan fingerprint density at radius 1 is 1.04 bits per heavy atom. The first-order chi connectivity index (χ1) is 12.8. The highest BCUT2D eigenvalue weighted by atomic mass is 15.3. The first-order valence-electron chi connectivity index (χ1n) is 9.57. The molecule has 1 aliphatic carbocycles. The van der Waals surface area contributed by atoms with E-state index >= 15 is 0 Å². The van der Waals surface area contributed by atoms with Crippen LogP contribution in [0, 0.1) is 29.1 Å². The number of nitrogens with zero attached hydrogens (tertiary/aromatic N) is 5. The Balaban J connectivity index is 1.36. The topological polar surface area (TPSA) is 56.1 Å². The lowest BCUT2D eigenvalue weighted by molar-refractivity contribution is 0.120. The van der Waals surface area contributed by atoms with Gasteiger partial charge in [-0.1, -0.05) is 30.3 Å². The third-order valence-corrected chi connectivity index (χ3v) is 6.53. The number of piperidine rings is 2. The van der Waals surface area contributed by atoms with E-state index in [2.05, 4.69) is 56.2 Å². The first-order valence-corrected chi connectivity index (χ1v) is 9.57. The Morgan fingerprint density at radius 3 is 2.73 bits per heavy atom. The van der Waals surface area contributed by atoms with Gasteiger partial charge in [-0.05, 0) is 36.2 Å². The number of nitriles is 1. The van der Waals surface area contributed by atoms with Gasteiger partial charge in [0.2, 0.25) is 0 Å². The van der Waals surface area contributed by atoms with Gasteiger partial charge < -0.3 is 4.90 Å². The standard InChI is InChI=1S/C21H23N5/c22-8-17-9-23-10-21(24-17)26-12-16-6-7-20(26)19-14-25(13-18(16)19)11-15-4-2-1-3-5-15/h1-5,9-10,16,18-20H,6-7,11-14H2. The smallest absolute Gasteiger partial charge is 0.161 e. The van der Waals surface area contributed by atoms with Crippen LogP contribution < -0.4 is 4.90 Å². The van der Waals surface area contributed by atoms with E-state index in [4.69, 9.17) is 5.26 Å². The second kappa shape index (κ2) is 6.37. The van der Waals surface area contributed by atoms with Gasteiger partial charge in [0.15, 0.2) is 5.69 Å². The van der Waals surface area contributed by atoms with Crippen molar-refractivity contribution in [1.29, 1.82) is 5.26 Å². The molecule has 0 radical (unpaired) electrons. The van der Waals surface area contributed by atoms with Crippen molar-refractivity contribution in [2.75, 3.05) is 24.5 Å². The fourth-order valence-electron chi connectivity index (χ4n) is 5.44. The Hall–Kier alpha value is -2.45. The van der Waals surface area contributed by atoms with Crippen molar-refractivity contribution in [3.63, 3.8) is 0 Å². The second-order valence-electron chi connectivity index (χ2n) is 7.94. The Bertz CT molecular complexity index is 830. The summed E-state index contributed by atoms with van der Waals surface area (Å²) in [6.07, 6.45) is 5.94. The molecule has 0 N–H and O–H groups in total. The maximum Gasteiger partial charge on any atom is 0.161 e. The highest BCUT2D eigenvalue weighted by Gasteiger charge is 2.51. The molecule has 1 aromatic heterocycles. The number of hydrogen-bond donors (Lipinski definition) is 0. The van der Waals surface area contributed by atoms with Crippen LogP contribution in [0.1, 0.15) is 24.1 Å². The zero-order valence-electron chi connectivity index (χ0n) is 14.8. The van der Waals surface area contributed by atoms with Gasteiger partial charge >= 0.3 is 0 Å². The van der Waals surface area contributed by atoms with Gasteiger partial charge in [0.05, 0.1) is 12.4 Å². The quantitative estimate of drug-likeness (QED) is 0.856. The maximum atomic E-state index is 9.14. The van der Waals surface area contributed by atoms with Crippen LogP contribution in [0.4, 0.5) is 5.82 Å². The van der Waals surface area contributed by atoms with Gasteiger partial charge in [0, 0.05) is 32.2 Å². The molecule has 5 heteroatoms. The molecule has 4 fully saturated rings. The molecule has 2 aromatic rings. The summed E-state index contributed by atoms with van der Waals surface area (Å²) in [5.41, 5.74) is 1.82. The molecule has 1 aromatic carbocycles. The van der Waals surface area contributed by atoms with Gasteiger partial charge in [0.25, 0.3) is 0 Å². The third kappa shape index (κ3) is 2.65. The maximum absolute atomic E-state index is 9.14. The molecule has 0 spiro atoms. The summed E-state index contributed by atoms with van der Waals surface area (Å²) in [4.78, 5) is 13.8. The predicted molar refractivity (Wildman–Crippen MR) is 99.3 cm³/mol. The number of benzene rings is 1. The SMILES string of the molecule is N#Cc1cncc(N2CC3CCC2C2CN(Cc4ccccc4)CC32)n1. The highest BCUT2D eigenvalue weighted by molar-refractivity contribution is 5.42. The first kappa shape index (κ1) is 15.8. The minimum absolute atomic E-state index is 0.414. The monoisotopic (exact) mass is 345 g/mol. The molecule has 3 saturated heterocycles. The predicted octanol–water partition coefficient (Wildman–Crippen LogP) is 2.70. The molecule has 6 rings (SSSR count). The number of fused-ring (bicyclic) bond motifs is 2. The van der Waals surface area contributed by atoms with Crippen LogP contribution in [0.2, 0.25) is 0 Å². The fraction of sp³-hybridized carbons (Fsp3) is 0.476. The van der Waals surface area contributed by atoms with Gasteiger partial charge in [0.1, 0.15) is 11.9 Å². The Morgan fingerprint density at radius 2 is 1.88 bits per heavy atom. The lowest BCUT2D eigenvalue weighted by Gasteiger charge is -2.52. The molecule has 2 bridgehead atoms. The second-order valence-corrected chi connectivity index (χ2v) is 7.94. The van der Waals surface area contributed by atoms with Crippen molar-refractivity contribution in [1.82, 2.24) is 14.9 Å². The molecule has 5 nitrogen and oxygen atoms in total. The number of hydrogen-bond acceptors (Lipinski definition) is 5. The molecule has 4 heterocycles. The van der Waals surface area contributed by atoms with Crippen molar-refractivity contribution < 1.29 is 0 Å². The molecule has 3 aliphatic heterocycles. The van der Waals surface area contributed by atoms with Crippen LogP contribution in [0.15, 0.2) is 42.7 Å². The molecule has 4 atom stereocenters. The van der Waals surface area contributed by atoms with Crippen LogP contribution in [-0.4, -0.2) is 40.5 Å². The lowest BCUT2D eigenvalue weighted by atomic mass is 9.67. The molecular weight excluding hydrogens is 322 g/mol. The summed E-state index contributed by atoms with van der Waals surface area (Å²) in [5, 5.41) is 9.14. The summed E-state index contributed by atoms with van der Waals surface area (Å²) >= 11 is 0. The minimum Gasteiger partial charge on any atom is -0.352 e. The highest BCUT2D eigenvalue weighted by Crippen LogP contribution is 2.48. The number of rotatable bonds is 3. The average molecular weight is 345 g/mol. The van der Waals surface area contributed by atoms with Crippen molar-refractivity contribution in [3.8, 4) is 6.07 Å². The van der Waals surface area contributed by atoms with Crippen molar-refractivity contribution >= 4 is 5.82 Å². The summed E-state index contributed by atoms with van der Waals surface area (Å²) in [6, 6.07) is 13.5. The van der Waals surface area contributed by atoms with E-state index in [0.717, 1.165) is 30.7 Å². The fourth-order valence-corrected chi connectivity index (χ4v) is 5.44. The van der Waals surface area contributed by atoms with Crippen LogP contribution >= 0.6 is 0 Å². The largest absolute Gasteiger partial charge is 0.352 e. The number of aromatic nitrogens is 2. The summed E-state index contributed by atoms with van der Waals surface area (Å²) in [7, 11) is 0. The third-order valence-electron chi connectivity index (χ3n) is 6.53. The molecule has 26 heavy (non-hydrogen) atoms. The van der Waals surface area contributed by atoms with Gasteiger partial charge in [-0.25, -0.2) is 4.98 Å². The van der Waals surface area contributed by atoms with E-state index in [-0.39, 0.29) is 0 Å². The van der Waals surface area contributed by atoms with Crippen molar-refractivity contribution in [3.05, 3.63) is 54.0 Å². The van der Waals surface area contributed by atoms with E-state index in [1.165, 1.54) is 31.5 Å². The molecular formula is C21H23N5. The summed E-state index contributed by atoms with van der Waals surface area (Å²) in [5.74, 6) is 3.14. The van der Waals surface area contributed by atoms with Crippen molar-refractivity contribution in [2.45, 2.75) is 25.4 Å². The van der Waals surface area contributed by atoms with E-state index in [1.54, 1.807) is 6.20 Å². The minimum atomic E-state index is 0.414. The van der Waals surface area contributed by atoms with E-state index < -0.39 is 0 Å². The zero-order chi connectivity index (χ0) is 17.5. The average Bonchev–Trinajstić information content (AvgIpc) is 3.14. The molecule has 4 unspecified atom stereocenters. The molecule has 1 saturated carbocycles. The molecule has 0 amide bonds. The van der Waals surface area contributed by atoms with Crippen molar-refractivity contribution in [2.24, 2.45) is 17.8 Å². The van der Waals surface area contributed by atoms with Crippen LogP contribution in [0.3, 0.4) is 0 Å². The lowest BCUT2D eigenvalue weighted by Crippen LogP contribution is -2.57. The van der Waals surface area contributed by atoms with Crippen LogP contribution in [-0.2, 0) is 6.54 Å². The molecule has 132 valence electrons. The Kier molecular flexibility index (Phi) is 3.86. The van der Waals surface area contributed by atoms with E-state index in [0.29, 0.717) is 17.7 Å². The van der Waals surface area contributed by atoms with E-state index in [9.17, 15) is 0 Å². The zero-order valence-corrected chi connectivity index (χ0v) is 14.8. The van der Waals surface area contributed by atoms with Crippen LogP contribution in [0.25, 0.3) is 0 Å². The van der Waals surface area contributed by atoms with Crippen LogP contribution in [0.5, 0.6) is 0 Å². The van der Waals surface area contributed by atoms with Gasteiger partial charge in [-0.15, -0.1) is 0 Å². The van der Waals surface area contributed by atoms with Gasteiger partial charge in [-0.2, -0.15) is 5.26 Å². The normalized spacial score (nSPS) is 30.2. The summed E-state index contributed by atoms with van der Waals surface area (Å²) in [6.45, 7) is 4.51. The van der Waals surface area contributed by atoms with Gasteiger partial charge in [-0.3, -0.25) is 9.88 Å².